The van der Waals surface area contributed by atoms with Crippen LogP contribution in [0.15, 0.2) is 21.7 Å². The van der Waals surface area contributed by atoms with Gasteiger partial charge in [0.05, 0.1) is 0 Å². The van der Waals surface area contributed by atoms with Gasteiger partial charge in [-0.15, -0.1) is 11.3 Å². The normalized spacial score (nSPS) is 17.6. The molecule has 3 nitrogen and oxygen atoms in total. The van der Waals surface area contributed by atoms with Gasteiger partial charge < -0.3 is 0 Å². The van der Waals surface area contributed by atoms with E-state index in [2.05, 4.69) is 15.9 Å². The molecular weight excluding hydrogens is 310 g/mol. The smallest absolute Gasteiger partial charge is 0.206 e. The van der Waals surface area contributed by atoms with Gasteiger partial charge in [0.25, 0.3) is 10.0 Å². The second kappa shape index (κ2) is 5.16. The number of alkyl halides is 1. The Morgan fingerprint density at radius 1 is 1.50 bits per heavy atom. The minimum absolute atomic E-state index is 0.213. The van der Waals surface area contributed by atoms with E-state index < -0.39 is 10.0 Å². The first-order valence-corrected chi connectivity index (χ1v) is 8.71. The molecule has 0 amide bonds. The maximum absolute atomic E-state index is 12.3. The second-order valence-corrected chi connectivity index (χ2v) is 7.68. The van der Waals surface area contributed by atoms with Gasteiger partial charge in [0.15, 0.2) is 0 Å². The average molecular weight is 324 g/mol. The minimum atomic E-state index is -3.26. The Labute approximate surface area is 109 Å². The number of nitrogens with zero attached hydrogens (tertiary/aromatic N) is 1. The fourth-order valence-electron chi connectivity index (χ4n) is 1.78. The first-order valence-electron chi connectivity index (χ1n) is 5.27. The summed E-state index contributed by atoms with van der Waals surface area (Å²) in [6.07, 6.45) is 3.14. The van der Waals surface area contributed by atoms with Crippen LogP contribution in [0, 0.1) is 0 Å². The van der Waals surface area contributed by atoms with Gasteiger partial charge in [-0.25, -0.2) is 8.42 Å². The van der Waals surface area contributed by atoms with Crippen LogP contribution in [-0.2, 0) is 10.0 Å². The maximum atomic E-state index is 12.3. The highest BCUT2D eigenvalue weighted by atomic mass is 79.9. The maximum Gasteiger partial charge on any atom is 0.252 e. The summed E-state index contributed by atoms with van der Waals surface area (Å²) in [5.74, 6) is 0. The topological polar surface area (TPSA) is 37.4 Å². The summed E-state index contributed by atoms with van der Waals surface area (Å²) in [5.41, 5.74) is 0. The molecule has 0 atom stereocenters. The van der Waals surface area contributed by atoms with Crippen LogP contribution in [0.3, 0.4) is 0 Å². The Kier molecular flexibility index (Phi) is 4.05. The Morgan fingerprint density at radius 3 is 2.69 bits per heavy atom. The highest BCUT2D eigenvalue weighted by Gasteiger charge is 2.34. The van der Waals surface area contributed by atoms with Gasteiger partial charge in [0.2, 0.25) is 0 Å². The summed E-state index contributed by atoms with van der Waals surface area (Å²) in [5, 5.41) is 2.49. The molecule has 6 heteroatoms. The third-order valence-electron chi connectivity index (χ3n) is 2.84. The minimum Gasteiger partial charge on any atom is -0.206 e. The zero-order chi connectivity index (χ0) is 11.6. The molecule has 0 N–H and O–H groups in total. The molecule has 0 saturated heterocycles. The zero-order valence-corrected chi connectivity index (χ0v) is 12.0. The quantitative estimate of drug-likeness (QED) is 0.781. The van der Waals surface area contributed by atoms with Crippen molar-refractivity contribution in [1.29, 1.82) is 0 Å². The Hall–Kier alpha value is 0.0900. The van der Waals surface area contributed by atoms with Gasteiger partial charge in [-0.05, 0) is 24.3 Å². The highest BCUT2D eigenvalue weighted by molar-refractivity contribution is 9.09. The van der Waals surface area contributed by atoms with Gasteiger partial charge in [-0.2, -0.15) is 4.31 Å². The standard InChI is InChI=1S/C10H14BrNO2S2/c11-6-7-12(9-3-1-4-9)16(13,14)10-5-2-8-15-10/h2,5,8-9H,1,3-4,6-7H2. The monoisotopic (exact) mass is 323 g/mol. The van der Waals surface area contributed by atoms with E-state index in [-0.39, 0.29) is 6.04 Å². The van der Waals surface area contributed by atoms with Crippen LogP contribution in [0.1, 0.15) is 19.3 Å². The molecule has 0 bridgehead atoms. The number of thiophene rings is 1. The largest absolute Gasteiger partial charge is 0.252 e. The summed E-state index contributed by atoms with van der Waals surface area (Å²) in [4.78, 5) is 0. The van der Waals surface area contributed by atoms with Crippen molar-refractivity contribution in [2.45, 2.75) is 29.5 Å². The van der Waals surface area contributed by atoms with E-state index in [1.807, 2.05) is 0 Å². The molecule has 0 aromatic carbocycles. The fourth-order valence-corrected chi connectivity index (χ4v) is 5.20. The van der Waals surface area contributed by atoms with Crippen LogP contribution in [0.25, 0.3) is 0 Å². The number of sulfonamides is 1. The van der Waals surface area contributed by atoms with E-state index >= 15 is 0 Å². The van der Waals surface area contributed by atoms with Crippen LogP contribution in [0.5, 0.6) is 0 Å². The molecule has 1 saturated carbocycles. The third-order valence-corrected chi connectivity index (χ3v) is 6.52. The lowest BCUT2D eigenvalue weighted by Crippen LogP contribution is -2.44. The molecule has 90 valence electrons. The average Bonchev–Trinajstić information content (AvgIpc) is 2.67. The fraction of sp³-hybridized carbons (Fsp3) is 0.600. The van der Waals surface area contributed by atoms with E-state index in [1.54, 1.807) is 21.8 Å². The van der Waals surface area contributed by atoms with Crippen LogP contribution < -0.4 is 0 Å². The van der Waals surface area contributed by atoms with Crippen LogP contribution in [0.4, 0.5) is 0 Å². The molecule has 1 aromatic rings. The van der Waals surface area contributed by atoms with E-state index in [9.17, 15) is 8.42 Å². The predicted octanol–water partition coefficient (Wildman–Crippen LogP) is 2.69. The number of rotatable bonds is 5. The second-order valence-electron chi connectivity index (χ2n) is 3.82. The van der Waals surface area contributed by atoms with Crippen LogP contribution in [0.2, 0.25) is 0 Å². The number of halogens is 1. The summed E-state index contributed by atoms with van der Waals surface area (Å²) in [6, 6.07) is 3.68. The molecule has 0 unspecified atom stereocenters. The molecule has 1 aromatic heterocycles. The Bertz CT molecular complexity index is 426. The van der Waals surface area contributed by atoms with Crippen molar-refractivity contribution in [2.75, 3.05) is 11.9 Å². The summed E-state index contributed by atoms with van der Waals surface area (Å²) in [7, 11) is -3.26. The van der Waals surface area contributed by atoms with E-state index in [0.717, 1.165) is 19.3 Å². The lowest BCUT2D eigenvalue weighted by molar-refractivity contribution is 0.228. The van der Waals surface area contributed by atoms with Crippen molar-refractivity contribution in [1.82, 2.24) is 4.31 Å². The summed E-state index contributed by atoms with van der Waals surface area (Å²) < 4.78 is 26.8. The molecule has 1 aliphatic rings. The number of hydrogen-bond donors (Lipinski definition) is 0. The highest BCUT2D eigenvalue weighted by Crippen LogP contribution is 2.31. The van der Waals surface area contributed by atoms with Gasteiger partial charge in [0.1, 0.15) is 4.21 Å². The summed E-state index contributed by atoms with van der Waals surface area (Å²) >= 11 is 4.62. The number of hydrogen-bond acceptors (Lipinski definition) is 3. The Morgan fingerprint density at radius 2 is 2.25 bits per heavy atom. The molecule has 1 fully saturated rings. The van der Waals surface area contributed by atoms with E-state index in [4.69, 9.17) is 0 Å². The summed E-state index contributed by atoms with van der Waals surface area (Å²) in [6.45, 7) is 0.560. The first-order chi connectivity index (χ1) is 7.66. The van der Waals surface area contributed by atoms with Crippen LogP contribution >= 0.6 is 27.3 Å². The van der Waals surface area contributed by atoms with Gasteiger partial charge in [-0.3, -0.25) is 0 Å². The molecule has 1 aliphatic carbocycles. The lowest BCUT2D eigenvalue weighted by atomic mass is 9.93. The van der Waals surface area contributed by atoms with Crippen molar-refractivity contribution in [3.8, 4) is 0 Å². The molecule has 0 spiro atoms. The van der Waals surface area contributed by atoms with E-state index in [1.165, 1.54) is 11.3 Å². The van der Waals surface area contributed by atoms with E-state index in [0.29, 0.717) is 16.1 Å². The van der Waals surface area contributed by atoms with Crippen molar-refractivity contribution >= 4 is 37.3 Å². The molecule has 0 aliphatic heterocycles. The van der Waals surface area contributed by atoms with Gasteiger partial charge in [0, 0.05) is 17.9 Å². The molecule has 2 rings (SSSR count). The van der Waals surface area contributed by atoms with Gasteiger partial charge in [-0.1, -0.05) is 28.4 Å². The zero-order valence-electron chi connectivity index (χ0n) is 8.80. The molecule has 1 heterocycles. The van der Waals surface area contributed by atoms with Crippen LogP contribution in [-0.4, -0.2) is 30.6 Å². The van der Waals surface area contributed by atoms with Crippen molar-refractivity contribution in [3.63, 3.8) is 0 Å². The molecule has 0 radical (unpaired) electrons. The van der Waals surface area contributed by atoms with Gasteiger partial charge >= 0.3 is 0 Å². The predicted molar refractivity (Wildman–Crippen MR) is 69.6 cm³/mol. The lowest BCUT2D eigenvalue weighted by Gasteiger charge is -2.35. The van der Waals surface area contributed by atoms with Crippen molar-refractivity contribution in [3.05, 3.63) is 17.5 Å². The Balaban J connectivity index is 2.24. The third kappa shape index (κ3) is 2.34. The van der Waals surface area contributed by atoms with Crippen molar-refractivity contribution < 1.29 is 8.42 Å². The first kappa shape index (κ1) is 12.5. The molecule has 16 heavy (non-hydrogen) atoms. The SMILES string of the molecule is O=S(=O)(c1cccs1)N(CCBr)C1CCC1. The van der Waals surface area contributed by atoms with Crippen molar-refractivity contribution in [2.24, 2.45) is 0 Å². The molecular formula is C10H14BrNO2S2.